The van der Waals surface area contributed by atoms with Crippen molar-refractivity contribution in [2.24, 2.45) is 5.84 Å². The molecule has 0 amide bonds. The number of halogens is 1. The molecule has 0 aliphatic carbocycles. The first-order valence-corrected chi connectivity index (χ1v) is 7.12. The molecule has 102 valence electrons. The minimum atomic E-state index is 0.0318. The van der Waals surface area contributed by atoms with Crippen LogP contribution in [0.5, 0.6) is 0 Å². The second-order valence-corrected chi connectivity index (χ2v) is 5.97. The highest BCUT2D eigenvalue weighted by Crippen LogP contribution is 2.26. The van der Waals surface area contributed by atoms with Gasteiger partial charge in [0.1, 0.15) is 0 Å². The summed E-state index contributed by atoms with van der Waals surface area (Å²) in [4.78, 5) is 2.24. The topological polar surface area (TPSA) is 41.3 Å². The van der Waals surface area contributed by atoms with E-state index in [9.17, 15) is 0 Å². The van der Waals surface area contributed by atoms with E-state index in [1.54, 1.807) is 0 Å². The molecule has 0 fully saturated rings. The van der Waals surface area contributed by atoms with Gasteiger partial charge in [-0.3, -0.25) is 11.3 Å². The predicted molar refractivity (Wildman–Crippen MR) is 81.3 cm³/mol. The minimum Gasteiger partial charge on any atom is -0.302 e. The van der Waals surface area contributed by atoms with Gasteiger partial charge in [-0.25, -0.2) is 0 Å². The Morgan fingerprint density at radius 1 is 1.39 bits per heavy atom. The van der Waals surface area contributed by atoms with Gasteiger partial charge >= 0.3 is 0 Å². The van der Waals surface area contributed by atoms with Gasteiger partial charge in [0, 0.05) is 16.1 Å². The van der Waals surface area contributed by atoms with Gasteiger partial charge in [0.25, 0.3) is 0 Å². The standard InChI is InChI=1S/C14H24BrN3/c1-5-14(2,18(3)4)13(17-16)10-11-8-6-7-9-12(11)15/h6-9,13,17H,5,10,16H2,1-4H3. The first kappa shape index (κ1) is 15.6. The summed E-state index contributed by atoms with van der Waals surface area (Å²) in [5, 5.41) is 0. The Labute approximate surface area is 119 Å². The SMILES string of the molecule is CCC(C)(C(Cc1ccccc1Br)NN)N(C)C. The van der Waals surface area contributed by atoms with E-state index in [1.165, 1.54) is 5.56 Å². The number of nitrogens with two attached hydrogens (primary N) is 1. The van der Waals surface area contributed by atoms with Gasteiger partial charge in [-0.1, -0.05) is 41.1 Å². The van der Waals surface area contributed by atoms with Crippen LogP contribution < -0.4 is 11.3 Å². The van der Waals surface area contributed by atoms with E-state index in [-0.39, 0.29) is 11.6 Å². The molecule has 0 spiro atoms. The lowest BCUT2D eigenvalue weighted by Crippen LogP contribution is -2.59. The Morgan fingerprint density at radius 3 is 2.44 bits per heavy atom. The van der Waals surface area contributed by atoms with Gasteiger partial charge in [0.05, 0.1) is 0 Å². The Morgan fingerprint density at radius 2 is 2.00 bits per heavy atom. The average Bonchev–Trinajstić information content (AvgIpc) is 2.36. The van der Waals surface area contributed by atoms with E-state index in [1.807, 2.05) is 6.07 Å². The Bertz CT molecular complexity index is 381. The number of hydrogen-bond donors (Lipinski definition) is 2. The molecule has 3 nitrogen and oxygen atoms in total. The number of rotatable bonds is 6. The smallest absolute Gasteiger partial charge is 0.0432 e. The normalized spacial score (nSPS) is 16.6. The first-order valence-electron chi connectivity index (χ1n) is 6.32. The number of hydrogen-bond acceptors (Lipinski definition) is 3. The van der Waals surface area contributed by atoms with Crippen LogP contribution in [-0.2, 0) is 6.42 Å². The summed E-state index contributed by atoms with van der Waals surface area (Å²) in [5.74, 6) is 5.78. The third kappa shape index (κ3) is 3.32. The third-order valence-electron chi connectivity index (χ3n) is 4.07. The van der Waals surface area contributed by atoms with E-state index >= 15 is 0 Å². The zero-order chi connectivity index (χ0) is 13.8. The van der Waals surface area contributed by atoms with Crippen LogP contribution >= 0.6 is 15.9 Å². The lowest BCUT2D eigenvalue weighted by Gasteiger charge is -2.42. The van der Waals surface area contributed by atoms with Crippen LogP contribution in [0.4, 0.5) is 0 Å². The Kier molecular flexibility index (Phi) is 5.79. The van der Waals surface area contributed by atoms with Crippen molar-refractivity contribution in [2.75, 3.05) is 14.1 Å². The number of benzene rings is 1. The molecule has 0 saturated carbocycles. The van der Waals surface area contributed by atoms with Crippen LogP contribution in [0.3, 0.4) is 0 Å². The van der Waals surface area contributed by atoms with E-state index < -0.39 is 0 Å². The zero-order valence-electron chi connectivity index (χ0n) is 11.7. The van der Waals surface area contributed by atoms with Gasteiger partial charge in [0.15, 0.2) is 0 Å². The van der Waals surface area contributed by atoms with E-state index in [0.29, 0.717) is 0 Å². The quantitative estimate of drug-likeness (QED) is 0.626. The van der Waals surface area contributed by atoms with Crippen LogP contribution in [0.2, 0.25) is 0 Å². The molecule has 0 heterocycles. The van der Waals surface area contributed by atoms with Crippen molar-refractivity contribution in [3.8, 4) is 0 Å². The van der Waals surface area contributed by atoms with Crippen molar-refractivity contribution >= 4 is 15.9 Å². The minimum absolute atomic E-state index is 0.0318. The lowest BCUT2D eigenvalue weighted by molar-refractivity contribution is 0.112. The summed E-state index contributed by atoms with van der Waals surface area (Å²) in [5.41, 5.74) is 4.30. The van der Waals surface area contributed by atoms with Crippen LogP contribution in [0, 0.1) is 0 Å². The summed E-state index contributed by atoms with van der Waals surface area (Å²) >= 11 is 3.60. The average molecular weight is 314 g/mol. The van der Waals surface area contributed by atoms with Gasteiger partial charge in [-0.05, 0) is 45.5 Å². The third-order valence-corrected chi connectivity index (χ3v) is 4.84. The fourth-order valence-electron chi connectivity index (χ4n) is 2.22. The number of nitrogens with one attached hydrogen (secondary N) is 1. The molecule has 0 aliphatic heterocycles. The highest BCUT2D eigenvalue weighted by molar-refractivity contribution is 9.10. The summed E-state index contributed by atoms with van der Waals surface area (Å²) in [6.45, 7) is 4.44. The van der Waals surface area contributed by atoms with Crippen molar-refractivity contribution in [3.63, 3.8) is 0 Å². The van der Waals surface area contributed by atoms with Gasteiger partial charge in [-0.15, -0.1) is 0 Å². The predicted octanol–water partition coefficient (Wildman–Crippen LogP) is 2.55. The first-order chi connectivity index (χ1) is 8.45. The van der Waals surface area contributed by atoms with E-state index in [0.717, 1.165) is 17.3 Å². The highest BCUT2D eigenvalue weighted by atomic mass is 79.9. The number of likely N-dealkylation sites (N-methyl/N-ethyl adjacent to an activating group) is 1. The van der Waals surface area contributed by atoms with E-state index in [4.69, 9.17) is 5.84 Å². The molecule has 1 rings (SSSR count). The summed E-state index contributed by atoms with van der Waals surface area (Å²) < 4.78 is 1.14. The van der Waals surface area contributed by atoms with Gasteiger partial charge in [0.2, 0.25) is 0 Å². The second-order valence-electron chi connectivity index (χ2n) is 5.12. The zero-order valence-corrected chi connectivity index (χ0v) is 13.3. The Balaban J connectivity index is 2.94. The van der Waals surface area contributed by atoms with Crippen LogP contribution in [-0.4, -0.2) is 30.6 Å². The monoisotopic (exact) mass is 313 g/mol. The van der Waals surface area contributed by atoms with Crippen LogP contribution in [0.1, 0.15) is 25.8 Å². The van der Waals surface area contributed by atoms with Crippen molar-refractivity contribution in [1.29, 1.82) is 0 Å². The fourth-order valence-corrected chi connectivity index (χ4v) is 2.66. The van der Waals surface area contributed by atoms with Gasteiger partial charge < -0.3 is 4.90 Å². The maximum Gasteiger partial charge on any atom is 0.0432 e. The molecule has 0 radical (unpaired) electrons. The maximum absolute atomic E-state index is 5.78. The van der Waals surface area contributed by atoms with Crippen molar-refractivity contribution in [3.05, 3.63) is 34.3 Å². The molecule has 2 unspecified atom stereocenters. The summed E-state index contributed by atoms with van der Waals surface area (Å²) in [6.07, 6.45) is 1.94. The molecular weight excluding hydrogens is 290 g/mol. The lowest BCUT2D eigenvalue weighted by atomic mass is 9.84. The summed E-state index contributed by atoms with van der Waals surface area (Å²) in [7, 11) is 4.21. The molecular formula is C14H24BrN3. The van der Waals surface area contributed by atoms with Crippen molar-refractivity contribution in [2.45, 2.75) is 38.3 Å². The molecule has 1 aromatic carbocycles. The maximum atomic E-state index is 5.78. The van der Waals surface area contributed by atoms with Crippen molar-refractivity contribution in [1.82, 2.24) is 10.3 Å². The van der Waals surface area contributed by atoms with E-state index in [2.05, 4.69) is 72.4 Å². The molecule has 2 atom stereocenters. The molecule has 0 bridgehead atoms. The van der Waals surface area contributed by atoms with Crippen LogP contribution in [0.15, 0.2) is 28.7 Å². The molecule has 0 aromatic heterocycles. The molecule has 0 saturated heterocycles. The Hall–Kier alpha value is -0.420. The largest absolute Gasteiger partial charge is 0.302 e. The van der Waals surface area contributed by atoms with Crippen molar-refractivity contribution < 1.29 is 0 Å². The van der Waals surface area contributed by atoms with Crippen LogP contribution in [0.25, 0.3) is 0 Å². The molecule has 1 aromatic rings. The molecule has 3 N–H and O–H groups in total. The summed E-state index contributed by atoms with van der Waals surface area (Å²) in [6, 6.07) is 8.51. The molecule has 18 heavy (non-hydrogen) atoms. The molecule has 4 heteroatoms. The molecule has 0 aliphatic rings. The number of hydrazine groups is 1. The highest BCUT2D eigenvalue weighted by Gasteiger charge is 2.34. The second kappa shape index (κ2) is 6.66. The number of nitrogens with zero attached hydrogens (tertiary/aromatic N) is 1. The fraction of sp³-hybridized carbons (Fsp3) is 0.571. The van der Waals surface area contributed by atoms with Gasteiger partial charge in [-0.2, -0.15) is 0 Å².